The molecule has 0 amide bonds. The molecule has 1 aromatic heterocycles. The minimum Gasteiger partial charge on any atom is -0.356 e. The Labute approximate surface area is 198 Å². The van der Waals surface area contributed by atoms with E-state index in [1.807, 2.05) is 31.0 Å². The van der Waals surface area contributed by atoms with Gasteiger partial charge in [-0.1, -0.05) is 30.3 Å². The normalized spacial score (nSPS) is 15.6. The number of halogens is 1. The molecule has 7 heteroatoms. The van der Waals surface area contributed by atoms with Crippen molar-refractivity contribution in [3.05, 3.63) is 53.9 Å². The van der Waals surface area contributed by atoms with Crippen molar-refractivity contribution in [1.29, 1.82) is 0 Å². The second-order valence-corrected chi connectivity index (χ2v) is 7.98. The van der Waals surface area contributed by atoms with E-state index in [2.05, 4.69) is 56.0 Å². The summed E-state index contributed by atoms with van der Waals surface area (Å²) in [5.41, 5.74) is 2.63. The van der Waals surface area contributed by atoms with E-state index in [0.717, 1.165) is 37.1 Å². The lowest BCUT2D eigenvalue weighted by atomic mass is 9.90. The summed E-state index contributed by atoms with van der Waals surface area (Å²) in [6.07, 6.45) is 8.11. The number of rotatable bonds is 9. The molecule has 0 spiro atoms. The molecule has 0 saturated carbocycles. The summed E-state index contributed by atoms with van der Waals surface area (Å²) >= 11 is 0. The molecular weight excluding hydrogens is 487 g/mol. The minimum atomic E-state index is 0. The number of likely N-dealkylation sites (tertiary alicyclic amines) is 1. The van der Waals surface area contributed by atoms with Crippen LogP contribution in [-0.2, 0) is 20.0 Å². The van der Waals surface area contributed by atoms with E-state index in [4.69, 9.17) is 0 Å². The van der Waals surface area contributed by atoms with Crippen molar-refractivity contribution >= 4 is 29.9 Å². The molecular formula is C23H37IN6. The molecule has 0 atom stereocenters. The van der Waals surface area contributed by atoms with Crippen LogP contribution in [0, 0.1) is 5.92 Å². The molecule has 30 heavy (non-hydrogen) atoms. The second kappa shape index (κ2) is 13.6. The first kappa shape index (κ1) is 24.7. The number of hydrogen-bond acceptors (Lipinski definition) is 3. The van der Waals surface area contributed by atoms with Crippen LogP contribution >= 0.6 is 24.0 Å². The SMILES string of the molecule is CN=C(NCCCCN1CCC(Cc2ccccc2)CC1)NCc1ccnn1C.I. The van der Waals surface area contributed by atoms with Crippen LogP contribution in [0.4, 0.5) is 0 Å². The lowest BCUT2D eigenvalue weighted by Crippen LogP contribution is -2.38. The Morgan fingerprint density at radius 3 is 2.53 bits per heavy atom. The maximum Gasteiger partial charge on any atom is 0.191 e. The lowest BCUT2D eigenvalue weighted by molar-refractivity contribution is 0.181. The van der Waals surface area contributed by atoms with Crippen molar-refractivity contribution in [2.45, 2.75) is 38.6 Å². The molecule has 1 aromatic carbocycles. The zero-order valence-corrected chi connectivity index (χ0v) is 20.7. The Bertz CT molecular complexity index is 737. The second-order valence-electron chi connectivity index (χ2n) is 7.98. The van der Waals surface area contributed by atoms with Crippen LogP contribution in [0.15, 0.2) is 47.6 Å². The van der Waals surface area contributed by atoms with E-state index in [-0.39, 0.29) is 24.0 Å². The number of aromatic nitrogens is 2. The number of nitrogens with zero attached hydrogens (tertiary/aromatic N) is 4. The molecule has 2 aromatic rings. The highest BCUT2D eigenvalue weighted by Gasteiger charge is 2.18. The van der Waals surface area contributed by atoms with Gasteiger partial charge < -0.3 is 15.5 Å². The quantitative estimate of drug-likeness (QED) is 0.229. The molecule has 1 aliphatic rings. The Kier molecular flexibility index (Phi) is 11.2. The number of nitrogens with one attached hydrogen (secondary N) is 2. The fraction of sp³-hybridized carbons (Fsp3) is 0.565. The van der Waals surface area contributed by atoms with Crippen molar-refractivity contribution < 1.29 is 0 Å². The summed E-state index contributed by atoms with van der Waals surface area (Å²) in [5, 5.41) is 10.9. The highest BCUT2D eigenvalue weighted by Crippen LogP contribution is 2.21. The van der Waals surface area contributed by atoms with Crippen LogP contribution in [0.1, 0.15) is 36.9 Å². The van der Waals surface area contributed by atoms with Crippen molar-refractivity contribution in [3.8, 4) is 0 Å². The highest BCUT2D eigenvalue weighted by molar-refractivity contribution is 14.0. The molecule has 2 heterocycles. The molecule has 0 unspecified atom stereocenters. The molecule has 0 bridgehead atoms. The average Bonchev–Trinajstić information content (AvgIpc) is 3.17. The minimum absolute atomic E-state index is 0. The number of aliphatic imine (C=N–C) groups is 1. The van der Waals surface area contributed by atoms with Crippen LogP contribution in [0.25, 0.3) is 0 Å². The zero-order valence-electron chi connectivity index (χ0n) is 18.4. The van der Waals surface area contributed by atoms with Gasteiger partial charge in [0.1, 0.15) is 0 Å². The van der Waals surface area contributed by atoms with Crippen LogP contribution in [-0.4, -0.2) is 53.9 Å². The van der Waals surface area contributed by atoms with Crippen molar-refractivity contribution in [2.24, 2.45) is 18.0 Å². The number of aryl methyl sites for hydroxylation is 1. The van der Waals surface area contributed by atoms with Gasteiger partial charge in [-0.05, 0) is 69.3 Å². The first-order valence-electron chi connectivity index (χ1n) is 10.9. The molecule has 0 radical (unpaired) electrons. The number of unbranched alkanes of at least 4 members (excludes halogenated alkanes) is 1. The molecule has 6 nitrogen and oxygen atoms in total. The summed E-state index contributed by atoms with van der Waals surface area (Å²) in [7, 11) is 3.77. The van der Waals surface area contributed by atoms with Crippen LogP contribution < -0.4 is 10.6 Å². The molecule has 1 fully saturated rings. The van der Waals surface area contributed by atoms with Gasteiger partial charge in [-0.3, -0.25) is 9.67 Å². The van der Waals surface area contributed by atoms with Crippen molar-refractivity contribution in [1.82, 2.24) is 25.3 Å². The third kappa shape index (κ3) is 8.26. The Morgan fingerprint density at radius 1 is 1.10 bits per heavy atom. The zero-order chi connectivity index (χ0) is 20.3. The van der Waals surface area contributed by atoms with E-state index in [1.165, 1.54) is 50.9 Å². The molecule has 166 valence electrons. The average molecular weight is 524 g/mol. The summed E-state index contributed by atoms with van der Waals surface area (Å²) in [4.78, 5) is 6.94. The van der Waals surface area contributed by atoms with Gasteiger partial charge in [0.2, 0.25) is 0 Å². The Morgan fingerprint density at radius 2 is 1.87 bits per heavy atom. The molecule has 1 aliphatic heterocycles. The van der Waals surface area contributed by atoms with Gasteiger partial charge in [-0.25, -0.2) is 0 Å². The maximum atomic E-state index is 4.30. The lowest BCUT2D eigenvalue weighted by Gasteiger charge is -2.32. The fourth-order valence-corrected chi connectivity index (χ4v) is 4.00. The molecule has 1 saturated heterocycles. The molecule has 2 N–H and O–H groups in total. The predicted octanol–water partition coefficient (Wildman–Crippen LogP) is 3.44. The van der Waals surface area contributed by atoms with Gasteiger partial charge >= 0.3 is 0 Å². The number of guanidine groups is 1. The molecule has 0 aliphatic carbocycles. The van der Waals surface area contributed by atoms with Gasteiger partial charge in [0.25, 0.3) is 0 Å². The summed E-state index contributed by atoms with van der Waals surface area (Å²) in [6, 6.07) is 13.0. The van der Waals surface area contributed by atoms with Gasteiger partial charge in [-0.15, -0.1) is 24.0 Å². The van der Waals surface area contributed by atoms with Crippen LogP contribution in [0.3, 0.4) is 0 Å². The first-order valence-corrected chi connectivity index (χ1v) is 10.9. The van der Waals surface area contributed by atoms with Crippen molar-refractivity contribution in [3.63, 3.8) is 0 Å². The summed E-state index contributed by atoms with van der Waals surface area (Å²) in [5.74, 6) is 1.71. The van der Waals surface area contributed by atoms with Crippen LogP contribution in [0.2, 0.25) is 0 Å². The van der Waals surface area contributed by atoms with E-state index < -0.39 is 0 Å². The molecule has 3 rings (SSSR count). The monoisotopic (exact) mass is 524 g/mol. The largest absolute Gasteiger partial charge is 0.356 e. The fourth-order valence-electron chi connectivity index (χ4n) is 4.00. The number of hydrogen-bond donors (Lipinski definition) is 2. The van der Waals surface area contributed by atoms with E-state index >= 15 is 0 Å². The number of piperidine rings is 1. The predicted molar refractivity (Wildman–Crippen MR) is 135 cm³/mol. The number of benzene rings is 1. The Balaban J connectivity index is 0.00000320. The van der Waals surface area contributed by atoms with E-state index in [1.54, 1.807) is 0 Å². The standard InChI is InChI=1S/C23H36N6.HI/c1-24-23(26-19-22-10-14-27-28(22)2)25-13-6-7-15-29-16-11-21(12-17-29)18-20-8-4-3-5-9-20;/h3-5,8-10,14,21H,6-7,11-13,15-19H2,1-2H3,(H2,24,25,26);1H. The van der Waals surface area contributed by atoms with E-state index in [0.29, 0.717) is 0 Å². The highest BCUT2D eigenvalue weighted by atomic mass is 127. The van der Waals surface area contributed by atoms with Gasteiger partial charge in [0.05, 0.1) is 12.2 Å². The third-order valence-electron chi connectivity index (χ3n) is 5.85. The van der Waals surface area contributed by atoms with Crippen molar-refractivity contribution in [2.75, 3.05) is 33.2 Å². The Hall–Kier alpha value is -1.61. The maximum absolute atomic E-state index is 4.30. The topological polar surface area (TPSA) is 57.5 Å². The van der Waals surface area contributed by atoms with Gasteiger partial charge in [-0.2, -0.15) is 5.10 Å². The summed E-state index contributed by atoms with van der Waals surface area (Å²) in [6.45, 7) is 5.39. The first-order chi connectivity index (χ1) is 14.2. The smallest absolute Gasteiger partial charge is 0.191 e. The summed E-state index contributed by atoms with van der Waals surface area (Å²) < 4.78 is 1.88. The van der Waals surface area contributed by atoms with E-state index in [9.17, 15) is 0 Å². The van der Waals surface area contributed by atoms with Gasteiger partial charge in [0, 0.05) is 26.8 Å². The third-order valence-corrected chi connectivity index (χ3v) is 5.85. The van der Waals surface area contributed by atoms with Gasteiger partial charge in [0.15, 0.2) is 5.96 Å². The van der Waals surface area contributed by atoms with Crippen LogP contribution in [0.5, 0.6) is 0 Å².